The lowest BCUT2D eigenvalue weighted by Crippen LogP contribution is -2.10. The van der Waals surface area contributed by atoms with E-state index in [-0.39, 0.29) is 11.9 Å². The van der Waals surface area contributed by atoms with Gasteiger partial charge < -0.3 is 5.32 Å². The highest BCUT2D eigenvalue weighted by molar-refractivity contribution is 9.10. The molecule has 0 bridgehead atoms. The van der Waals surface area contributed by atoms with Crippen LogP contribution in [-0.2, 0) is 0 Å². The van der Waals surface area contributed by atoms with E-state index in [1.165, 1.54) is 17.7 Å². The van der Waals surface area contributed by atoms with Crippen molar-refractivity contribution >= 4 is 21.6 Å². The van der Waals surface area contributed by atoms with Gasteiger partial charge in [-0.15, -0.1) is 0 Å². The average Bonchev–Trinajstić information content (AvgIpc) is 2.42. The molecule has 0 aromatic heterocycles. The number of benzene rings is 2. The topological polar surface area (TPSA) is 12.0 Å². The van der Waals surface area contributed by atoms with Gasteiger partial charge in [0.15, 0.2) is 0 Å². The Hall–Kier alpha value is -1.35. The molecule has 0 saturated heterocycles. The van der Waals surface area contributed by atoms with Gasteiger partial charge in [-0.25, -0.2) is 4.39 Å². The number of rotatable bonds is 5. The second-order valence-electron chi connectivity index (χ2n) is 4.52. The van der Waals surface area contributed by atoms with Gasteiger partial charge in [0.1, 0.15) is 5.82 Å². The van der Waals surface area contributed by atoms with Gasteiger partial charge in [-0.2, -0.15) is 0 Å². The molecule has 3 heteroatoms. The van der Waals surface area contributed by atoms with Crippen LogP contribution in [0.15, 0.2) is 53.0 Å². The van der Waals surface area contributed by atoms with E-state index >= 15 is 0 Å². The van der Waals surface area contributed by atoms with Crippen molar-refractivity contribution in [2.75, 3.05) is 5.32 Å². The zero-order valence-electron chi connectivity index (χ0n) is 10.9. The number of hydrogen-bond acceptors (Lipinski definition) is 1. The highest BCUT2D eigenvalue weighted by Gasteiger charge is 2.11. The number of halogens is 2. The Labute approximate surface area is 122 Å². The van der Waals surface area contributed by atoms with Crippen molar-refractivity contribution in [2.45, 2.75) is 25.8 Å². The van der Waals surface area contributed by atoms with Crippen LogP contribution in [0.5, 0.6) is 0 Å². The Morgan fingerprint density at radius 2 is 1.89 bits per heavy atom. The molecule has 0 spiro atoms. The van der Waals surface area contributed by atoms with Crippen molar-refractivity contribution in [3.63, 3.8) is 0 Å². The second-order valence-corrected chi connectivity index (χ2v) is 5.37. The van der Waals surface area contributed by atoms with E-state index in [2.05, 4.69) is 40.3 Å². The molecule has 0 aliphatic heterocycles. The summed E-state index contributed by atoms with van der Waals surface area (Å²) in [5.74, 6) is -0.232. The van der Waals surface area contributed by atoms with Gasteiger partial charge in [-0.05, 0) is 46.1 Å². The van der Waals surface area contributed by atoms with Gasteiger partial charge in [0.2, 0.25) is 0 Å². The van der Waals surface area contributed by atoms with E-state index in [0.29, 0.717) is 0 Å². The Morgan fingerprint density at radius 1 is 1.16 bits per heavy atom. The molecule has 0 aliphatic rings. The van der Waals surface area contributed by atoms with Crippen LogP contribution in [0, 0.1) is 5.82 Å². The SMILES string of the molecule is CCCC(Nc1ccc(F)cc1Br)c1ccccc1. The fourth-order valence-electron chi connectivity index (χ4n) is 2.09. The van der Waals surface area contributed by atoms with Crippen LogP contribution >= 0.6 is 15.9 Å². The zero-order chi connectivity index (χ0) is 13.7. The maximum Gasteiger partial charge on any atom is 0.124 e. The molecular weight excluding hydrogens is 305 g/mol. The van der Waals surface area contributed by atoms with Crippen molar-refractivity contribution in [2.24, 2.45) is 0 Å². The Kier molecular flexibility index (Phi) is 4.97. The molecular formula is C16H17BrFN. The molecule has 0 aliphatic carbocycles. The molecule has 19 heavy (non-hydrogen) atoms. The predicted octanol–water partition coefficient (Wildman–Crippen LogP) is 5.54. The minimum absolute atomic E-state index is 0.232. The molecule has 1 unspecified atom stereocenters. The quantitative estimate of drug-likeness (QED) is 0.762. The van der Waals surface area contributed by atoms with Gasteiger partial charge in [-0.1, -0.05) is 43.7 Å². The van der Waals surface area contributed by atoms with E-state index in [9.17, 15) is 4.39 Å². The fourth-order valence-corrected chi connectivity index (χ4v) is 2.56. The maximum atomic E-state index is 13.1. The highest BCUT2D eigenvalue weighted by atomic mass is 79.9. The Bertz CT molecular complexity index is 528. The zero-order valence-corrected chi connectivity index (χ0v) is 12.5. The van der Waals surface area contributed by atoms with E-state index < -0.39 is 0 Å². The largest absolute Gasteiger partial charge is 0.377 e. The summed E-state index contributed by atoms with van der Waals surface area (Å²) >= 11 is 3.40. The molecule has 1 atom stereocenters. The van der Waals surface area contributed by atoms with E-state index in [1.807, 2.05) is 18.2 Å². The van der Waals surface area contributed by atoms with E-state index in [0.717, 1.165) is 23.0 Å². The first-order valence-corrected chi connectivity index (χ1v) is 7.26. The monoisotopic (exact) mass is 321 g/mol. The number of nitrogens with one attached hydrogen (secondary N) is 1. The summed E-state index contributed by atoms with van der Waals surface area (Å²) < 4.78 is 13.9. The molecule has 100 valence electrons. The molecule has 2 rings (SSSR count). The Balaban J connectivity index is 2.21. The summed E-state index contributed by atoms with van der Waals surface area (Å²) in [5, 5.41) is 3.48. The summed E-state index contributed by atoms with van der Waals surface area (Å²) in [7, 11) is 0. The van der Waals surface area contributed by atoms with Crippen LogP contribution in [0.1, 0.15) is 31.4 Å². The lowest BCUT2D eigenvalue weighted by Gasteiger charge is -2.20. The van der Waals surface area contributed by atoms with Crippen molar-refractivity contribution in [3.8, 4) is 0 Å². The van der Waals surface area contributed by atoms with Crippen molar-refractivity contribution < 1.29 is 4.39 Å². The molecule has 0 heterocycles. The van der Waals surface area contributed by atoms with Crippen molar-refractivity contribution in [1.29, 1.82) is 0 Å². The van der Waals surface area contributed by atoms with Crippen LogP contribution in [0.4, 0.5) is 10.1 Å². The predicted molar refractivity (Wildman–Crippen MR) is 81.8 cm³/mol. The van der Waals surface area contributed by atoms with Gasteiger partial charge >= 0.3 is 0 Å². The first kappa shape index (κ1) is 14.1. The summed E-state index contributed by atoms with van der Waals surface area (Å²) in [6.45, 7) is 2.16. The molecule has 1 nitrogen and oxygen atoms in total. The molecule has 0 radical (unpaired) electrons. The number of hydrogen-bond donors (Lipinski definition) is 1. The third-order valence-electron chi connectivity index (χ3n) is 3.04. The maximum absolute atomic E-state index is 13.1. The van der Waals surface area contributed by atoms with Gasteiger partial charge in [0.05, 0.1) is 6.04 Å². The van der Waals surface area contributed by atoms with Gasteiger partial charge in [0, 0.05) is 10.2 Å². The summed E-state index contributed by atoms with van der Waals surface area (Å²) in [4.78, 5) is 0. The third-order valence-corrected chi connectivity index (χ3v) is 3.70. The minimum Gasteiger partial charge on any atom is -0.377 e. The lowest BCUT2D eigenvalue weighted by molar-refractivity contribution is 0.626. The lowest BCUT2D eigenvalue weighted by atomic mass is 10.0. The third kappa shape index (κ3) is 3.80. The Morgan fingerprint density at radius 3 is 2.53 bits per heavy atom. The van der Waals surface area contributed by atoms with Gasteiger partial charge in [-0.3, -0.25) is 0 Å². The standard InChI is InChI=1S/C16H17BrFN/c1-2-6-15(12-7-4-3-5-8-12)19-16-10-9-13(18)11-14(16)17/h3-5,7-11,15,19H,2,6H2,1H3. The minimum atomic E-state index is -0.232. The van der Waals surface area contributed by atoms with Crippen LogP contribution in [-0.4, -0.2) is 0 Å². The van der Waals surface area contributed by atoms with Gasteiger partial charge in [0.25, 0.3) is 0 Å². The molecule has 0 saturated carbocycles. The summed E-state index contributed by atoms with van der Waals surface area (Å²) in [6, 6.07) is 15.3. The summed E-state index contributed by atoms with van der Waals surface area (Å²) in [6.07, 6.45) is 2.12. The molecule has 0 amide bonds. The van der Waals surface area contributed by atoms with E-state index in [4.69, 9.17) is 0 Å². The van der Waals surface area contributed by atoms with Crippen molar-refractivity contribution in [3.05, 3.63) is 64.4 Å². The molecule has 2 aromatic carbocycles. The average molecular weight is 322 g/mol. The smallest absolute Gasteiger partial charge is 0.124 e. The van der Waals surface area contributed by atoms with E-state index in [1.54, 1.807) is 6.07 Å². The normalized spacial score (nSPS) is 12.2. The first-order chi connectivity index (χ1) is 9.20. The molecule has 0 fully saturated rings. The molecule has 2 aromatic rings. The van der Waals surface area contributed by atoms with Crippen LogP contribution < -0.4 is 5.32 Å². The fraction of sp³-hybridized carbons (Fsp3) is 0.250. The molecule has 1 N–H and O–H groups in total. The second kappa shape index (κ2) is 6.71. The number of anilines is 1. The summed E-state index contributed by atoms with van der Waals surface area (Å²) in [5.41, 5.74) is 2.17. The van der Waals surface area contributed by atoms with Crippen LogP contribution in [0.25, 0.3) is 0 Å². The van der Waals surface area contributed by atoms with Crippen LogP contribution in [0.2, 0.25) is 0 Å². The first-order valence-electron chi connectivity index (χ1n) is 6.47. The van der Waals surface area contributed by atoms with Crippen LogP contribution in [0.3, 0.4) is 0 Å². The van der Waals surface area contributed by atoms with Crippen molar-refractivity contribution in [1.82, 2.24) is 0 Å². The highest BCUT2D eigenvalue weighted by Crippen LogP contribution is 2.29.